The molecule has 1 saturated heterocycles. The molecule has 0 aliphatic carbocycles. The number of esters is 1. The molecule has 0 spiro atoms. The minimum atomic E-state index is -0.797. The van der Waals surface area contributed by atoms with Crippen LogP contribution in [0.3, 0.4) is 0 Å². The first-order chi connectivity index (χ1) is 14.0. The average Bonchev–Trinajstić information content (AvgIpc) is 2.73. The van der Waals surface area contributed by atoms with E-state index in [-0.39, 0.29) is 24.2 Å². The van der Waals surface area contributed by atoms with Gasteiger partial charge in [0.05, 0.1) is 7.11 Å². The van der Waals surface area contributed by atoms with Crippen molar-refractivity contribution in [1.29, 1.82) is 0 Å². The van der Waals surface area contributed by atoms with E-state index in [4.69, 9.17) is 9.47 Å². The summed E-state index contributed by atoms with van der Waals surface area (Å²) >= 11 is 0. The van der Waals surface area contributed by atoms with Gasteiger partial charge in [-0.25, -0.2) is 0 Å². The molecule has 2 aromatic carbocycles. The highest BCUT2D eigenvalue weighted by Crippen LogP contribution is 2.27. The number of methoxy groups -OCH3 is 1. The van der Waals surface area contributed by atoms with E-state index in [1.165, 1.54) is 6.92 Å². The number of hydrogen-bond donors (Lipinski definition) is 0. The summed E-state index contributed by atoms with van der Waals surface area (Å²) in [7, 11) is 1.60. The minimum absolute atomic E-state index is 0.00549. The SMILES string of the molecule is COc1ccc(CN2C(=O)[C@@H](OC(C)=O)CC[C@H]2CC(=O)c2ccccc2)cc1. The highest BCUT2D eigenvalue weighted by Gasteiger charge is 2.38. The molecule has 1 amide bonds. The van der Waals surface area contributed by atoms with Crippen molar-refractivity contribution in [3.8, 4) is 5.75 Å². The number of Topliss-reactive ketones (excluding diaryl/α,β-unsaturated/α-hetero) is 1. The lowest BCUT2D eigenvalue weighted by Gasteiger charge is -2.38. The molecule has 0 unspecified atom stereocenters. The fraction of sp³-hybridized carbons (Fsp3) is 0.348. The summed E-state index contributed by atoms with van der Waals surface area (Å²) in [5.74, 6) is -0.0129. The van der Waals surface area contributed by atoms with E-state index >= 15 is 0 Å². The molecule has 0 aromatic heterocycles. The second-order valence-electron chi connectivity index (χ2n) is 7.14. The van der Waals surface area contributed by atoms with Crippen molar-refractivity contribution in [2.45, 2.75) is 44.9 Å². The molecular formula is C23H25NO5. The van der Waals surface area contributed by atoms with Crippen molar-refractivity contribution < 1.29 is 23.9 Å². The van der Waals surface area contributed by atoms with Gasteiger partial charge in [-0.1, -0.05) is 42.5 Å². The number of benzene rings is 2. The zero-order chi connectivity index (χ0) is 20.8. The molecule has 1 heterocycles. The molecule has 1 aliphatic heterocycles. The van der Waals surface area contributed by atoms with Crippen LogP contribution in [-0.2, 0) is 20.9 Å². The highest BCUT2D eigenvalue weighted by molar-refractivity contribution is 5.97. The maximum atomic E-state index is 13.0. The first kappa shape index (κ1) is 20.6. The average molecular weight is 395 g/mol. The summed E-state index contributed by atoms with van der Waals surface area (Å²) in [6, 6.07) is 16.3. The van der Waals surface area contributed by atoms with Crippen molar-refractivity contribution in [3.63, 3.8) is 0 Å². The third-order valence-corrected chi connectivity index (χ3v) is 5.10. The Morgan fingerprint density at radius 1 is 1.03 bits per heavy atom. The van der Waals surface area contributed by atoms with Crippen molar-refractivity contribution in [1.82, 2.24) is 4.90 Å². The van der Waals surface area contributed by atoms with Gasteiger partial charge in [0, 0.05) is 31.5 Å². The number of amides is 1. The van der Waals surface area contributed by atoms with Crippen LogP contribution < -0.4 is 4.74 Å². The van der Waals surface area contributed by atoms with Crippen LogP contribution in [0.4, 0.5) is 0 Å². The van der Waals surface area contributed by atoms with E-state index in [9.17, 15) is 14.4 Å². The molecule has 29 heavy (non-hydrogen) atoms. The molecule has 1 fully saturated rings. The monoisotopic (exact) mass is 395 g/mol. The van der Waals surface area contributed by atoms with Crippen LogP contribution in [-0.4, -0.2) is 41.8 Å². The second-order valence-corrected chi connectivity index (χ2v) is 7.14. The number of piperidine rings is 1. The van der Waals surface area contributed by atoms with E-state index in [0.29, 0.717) is 24.9 Å². The van der Waals surface area contributed by atoms with Gasteiger partial charge >= 0.3 is 5.97 Å². The molecule has 0 bridgehead atoms. The fourth-order valence-corrected chi connectivity index (χ4v) is 3.60. The van der Waals surface area contributed by atoms with Crippen LogP contribution in [0, 0.1) is 0 Å². The van der Waals surface area contributed by atoms with Crippen molar-refractivity contribution in [3.05, 3.63) is 65.7 Å². The predicted octanol–water partition coefficient (Wildman–Crippen LogP) is 3.39. The van der Waals surface area contributed by atoms with E-state index in [2.05, 4.69) is 0 Å². The van der Waals surface area contributed by atoms with Gasteiger partial charge in [0.1, 0.15) is 5.75 Å². The zero-order valence-electron chi connectivity index (χ0n) is 16.7. The van der Waals surface area contributed by atoms with Crippen LogP contribution in [0.5, 0.6) is 5.75 Å². The maximum absolute atomic E-state index is 13.0. The van der Waals surface area contributed by atoms with Crippen LogP contribution in [0.1, 0.15) is 42.1 Å². The number of carbonyl (C=O) groups is 3. The van der Waals surface area contributed by atoms with Crippen molar-refractivity contribution >= 4 is 17.7 Å². The molecule has 3 rings (SSSR count). The first-order valence-corrected chi connectivity index (χ1v) is 9.67. The van der Waals surface area contributed by atoms with E-state index in [0.717, 1.165) is 11.3 Å². The van der Waals surface area contributed by atoms with Gasteiger partial charge in [0.25, 0.3) is 5.91 Å². The lowest BCUT2D eigenvalue weighted by Crippen LogP contribution is -2.51. The summed E-state index contributed by atoms with van der Waals surface area (Å²) < 4.78 is 10.4. The van der Waals surface area contributed by atoms with Gasteiger partial charge in [0.15, 0.2) is 11.9 Å². The Morgan fingerprint density at radius 2 is 1.72 bits per heavy atom. The lowest BCUT2D eigenvalue weighted by atomic mass is 9.92. The topological polar surface area (TPSA) is 72.9 Å². The minimum Gasteiger partial charge on any atom is -0.497 e. The molecule has 2 atom stereocenters. The summed E-state index contributed by atoms with van der Waals surface area (Å²) in [5, 5.41) is 0. The van der Waals surface area contributed by atoms with Crippen LogP contribution >= 0.6 is 0 Å². The van der Waals surface area contributed by atoms with Crippen LogP contribution in [0.2, 0.25) is 0 Å². The number of carbonyl (C=O) groups excluding carboxylic acids is 3. The van der Waals surface area contributed by atoms with Gasteiger partial charge in [0.2, 0.25) is 0 Å². The number of likely N-dealkylation sites (tertiary alicyclic amines) is 1. The smallest absolute Gasteiger partial charge is 0.303 e. The Bertz CT molecular complexity index is 863. The number of ketones is 1. The Balaban J connectivity index is 1.79. The van der Waals surface area contributed by atoms with E-state index < -0.39 is 12.1 Å². The molecule has 0 saturated carbocycles. The number of hydrogen-bond acceptors (Lipinski definition) is 5. The van der Waals surface area contributed by atoms with Crippen molar-refractivity contribution in [2.24, 2.45) is 0 Å². The summed E-state index contributed by atoms with van der Waals surface area (Å²) in [5.41, 5.74) is 1.55. The van der Waals surface area contributed by atoms with Gasteiger partial charge in [-0.3, -0.25) is 14.4 Å². The van der Waals surface area contributed by atoms with Crippen LogP contribution in [0.25, 0.3) is 0 Å². The molecule has 1 aliphatic rings. The van der Waals surface area contributed by atoms with Crippen LogP contribution in [0.15, 0.2) is 54.6 Å². The third-order valence-electron chi connectivity index (χ3n) is 5.10. The molecule has 6 heteroatoms. The summed E-state index contributed by atoms with van der Waals surface area (Å²) in [4.78, 5) is 38.8. The van der Waals surface area contributed by atoms with E-state index in [1.807, 2.05) is 42.5 Å². The zero-order valence-corrected chi connectivity index (χ0v) is 16.7. The summed E-state index contributed by atoms with van der Waals surface area (Å²) in [6.07, 6.45) is 0.454. The largest absolute Gasteiger partial charge is 0.497 e. The number of rotatable bonds is 7. The molecule has 0 N–H and O–H groups in total. The maximum Gasteiger partial charge on any atom is 0.303 e. The third kappa shape index (κ3) is 5.22. The highest BCUT2D eigenvalue weighted by atomic mass is 16.5. The Kier molecular flexibility index (Phi) is 6.65. The normalized spacial score (nSPS) is 19.0. The molecule has 6 nitrogen and oxygen atoms in total. The Hall–Kier alpha value is -3.15. The molecule has 152 valence electrons. The van der Waals surface area contributed by atoms with Crippen molar-refractivity contribution in [2.75, 3.05) is 7.11 Å². The van der Waals surface area contributed by atoms with Gasteiger partial charge in [-0.15, -0.1) is 0 Å². The van der Waals surface area contributed by atoms with Gasteiger partial charge in [-0.2, -0.15) is 0 Å². The Morgan fingerprint density at radius 3 is 2.34 bits per heavy atom. The fourth-order valence-electron chi connectivity index (χ4n) is 3.60. The summed E-state index contributed by atoms with van der Waals surface area (Å²) in [6.45, 7) is 1.64. The lowest BCUT2D eigenvalue weighted by molar-refractivity contribution is -0.164. The predicted molar refractivity (Wildman–Crippen MR) is 108 cm³/mol. The first-order valence-electron chi connectivity index (χ1n) is 9.67. The second kappa shape index (κ2) is 9.37. The number of nitrogens with zero attached hydrogens (tertiary/aromatic N) is 1. The van der Waals surface area contributed by atoms with Gasteiger partial charge in [-0.05, 0) is 30.5 Å². The Labute approximate surface area is 170 Å². The molecule has 0 radical (unpaired) electrons. The quantitative estimate of drug-likeness (QED) is 0.531. The standard InChI is InChI=1S/C23H25NO5/c1-16(25)29-22-13-10-19(14-21(26)18-6-4-3-5-7-18)24(23(22)27)15-17-8-11-20(28-2)12-9-17/h3-9,11-12,19,22H,10,13-15H2,1-2H3/t19-,22-/m0/s1. The molecule has 2 aromatic rings. The number of ether oxygens (including phenoxy) is 2. The van der Waals surface area contributed by atoms with Gasteiger partial charge < -0.3 is 14.4 Å². The molecular weight excluding hydrogens is 370 g/mol. The van der Waals surface area contributed by atoms with E-state index in [1.54, 1.807) is 24.1 Å².